The first-order valence-corrected chi connectivity index (χ1v) is 4.76. The quantitative estimate of drug-likeness (QED) is 0.787. The van der Waals surface area contributed by atoms with Gasteiger partial charge in [0.05, 0.1) is 18.1 Å². The van der Waals surface area contributed by atoms with E-state index in [1.165, 1.54) is 0 Å². The number of benzene rings is 1. The van der Waals surface area contributed by atoms with E-state index in [4.69, 9.17) is 11.6 Å². The molecular weight excluding hydrogens is 253 g/mol. The van der Waals surface area contributed by atoms with E-state index in [0.29, 0.717) is 5.02 Å². The highest BCUT2D eigenvalue weighted by Crippen LogP contribution is 2.23. The highest BCUT2D eigenvalue weighted by atomic mass is 79.9. The zero-order valence-electron chi connectivity index (χ0n) is 6.48. The van der Waals surface area contributed by atoms with E-state index in [2.05, 4.69) is 26.2 Å². The lowest BCUT2D eigenvalue weighted by Crippen LogP contribution is -1.95. The van der Waals surface area contributed by atoms with Gasteiger partial charge in [-0.3, -0.25) is 0 Å². The zero-order chi connectivity index (χ0) is 9.26. The van der Waals surface area contributed by atoms with E-state index in [-0.39, 0.29) is 0 Å². The van der Waals surface area contributed by atoms with Crippen molar-refractivity contribution in [3.63, 3.8) is 0 Å². The lowest BCUT2D eigenvalue weighted by molar-refractivity contribution is 0.800. The van der Waals surface area contributed by atoms with Gasteiger partial charge in [0.15, 0.2) is 0 Å². The summed E-state index contributed by atoms with van der Waals surface area (Å²) in [4.78, 5) is 0. The third-order valence-corrected chi connectivity index (χ3v) is 2.45. The van der Waals surface area contributed by atoms with Gasteiger partial charge in [-0.1, -0.05) is 16.8 Å². The van der Waals surface area contributed by atoms with E-state index in [9.17, 15) is 0 Å². The fourth-order valence-electron chi connectivity index (χ4n) is 1.00. The molecule has 0 saturated carbocycles. The number of hydrogen-bond donors (Lipinski definition) is 0. The molecule has 0 N–H and O–H groups in total. The third-order valence-electron chi connectivity index (χ3n) is 1.58. The van der Waals surface area contributed by atoms with Crippen molar-refractivity contribution in [3.05, 3.63) is 40.1 Å². The van der Waals surface area contributed by atoms with Crippen molar-refractivity contribution in [2.24, 2.45) is 0 Å². The Morgan fingerprint density at radius 2 is 2.23 bits per heavy atom. The van der Waals surface area contributed by atoms with Gasteiger partial charge in [0.2, 0.25) is 0 Å². The molecule has 1 aromatic heterocycles. The van der Waals surface area contributed by atoms with Gasteiger partial charge in [-0.15, -0.1) is 5.10 Å². The Labute approximate surface area is 88.5 Å². The number of halogens is 2. The lowest BCUT2D eigenvalue weighted by Gasteiger charge is -2.02. The molecule has 0 unspecified atom stereocenters. The number of hydrogen-bond acceptors (Lipinski definition) is 2. The largest absolute Gasteiger partial charge is 0.220 e. The normalized spacial score (nSPS) is 10.3. The van der Waals surface area contributed by atoms with Crippen LogP contribution in [0.2, 0.25) is 5.02 Å². The van der Waals surface area contributed by atoms with Crippen molar-refractivity contribution >= 4 is 27.5 Å². The molecule has 2 rings (SSSR count). The van der Waals surface area contributed by atoms with E-state index in [0.717, 1.165) is 10.2 Å². The van der Waals surface area contributed by atoms with E-state index in [1.807, 2.05) is 18.2 Å². The molecule has 0 saturated heterocycles. The van der Waals surface area contributed by atoms with Crippen LogP contribution in [0.3, 0.4) is 0 Å². The van der Waals surface area contributed by atoms with Gasteiger partial charge in [-0.25, -0.2) is 4.68 Å². The van der Waals surface area contributed by atoms with Gasteiger partial charge in [0.25, 0.3) is 0 Å². The van der Waals surface area contributed by atoms with Crippen molar-refractivity contribution in [1.82, 2.24) is 15.0 Å². The molecule has 0 fully saturated rings. The molecule has 1 aromatic carbocycles. The van der Waals surface area contributed by atoms with Crippen molar-refractivity contribution in [3.8, 4) is 5.69 Å². The van der Waals surface area contributed by atoms with Gasteiger partial charge < -0.3 is 0 Å². The standard InChI is InChI=1S/C8H5BrClN3/c9-7-5-6(10)1-2-8(7)13-4-3-11-12-13/h1-5H. The van der Waals surface area contributed by atoms with Crippen LogP contribution in [-0.4, -0.2) is 15.0 Å². The summed E-state index contributed by atoms with van der Waals surface area (Å²) in [6.45, 7) is 0. The fraction of sp³-hybridized carbons (Fsp3) is 0. The van der Waals surface area contributed by atoms with Crippen LogP contribution in [0, 0.1) is 0 Å². The Morgan fingerprint density at radius 3 is 2.85 bits per heavy atom. The summed E-state index contributed by atoms with van der Waals surface area (Å²) in [5.74, 6) is 0. The molecule has 0 bridgehead atoms. The van der Waals surface area contributed by atoms with E-state index in [1.54, 1.807) is 17.1 Å². The average molecular weight is 259 g/mol. The average Bonchev–Trinajstić information content (AvgIpc) is 2.56. The van der Waals surface area contributed by atoms with Crippen molar-refractivity contribution in [1.29, 1.82) is 0 Å². The molecule has 0 amide bonds. The van der Waals surface area contributed by atoms with Crippen LogP contribution in [0.25, 0.3) is 5.69 Å². The molecule has 3 nitrogen and oxygen atoms in total. The molecule has 2 aromatic rings. The van der Waals surface area contributed by atoms with Gasteiger partial charge >= 0.3 is 0 Å². The van der Waals surface area contributed by atoms with Crippen LogP contribution in [0.5, 0.6) is 0 Å². The lowest BCUT2D eigenvalue weighted by atomic mass is 10.3. The maximum atomic E-state index is 5.80. The monoisotopic (exact) mass is 257 g/mol. The highest BCUT2D eigenvalue weighted by molar-refractivity contribution is 9.10. The van der Waals surface area contributed by atoms with Crippen molar-refractivity contribution in [2.45, 2.75) is 0 Å². The van der Waals surface area contributed by atoms with Crippen LogP contribution in [0.1, 0.15) is 0 Å². The smallest absolute Gasteiger partial charge is 0.0806 e. The SMILES string of the molecule is Clc1ccc(-n2ccnn2)c(Br)c1. The summed E-state index contributed by atoms with van der Waals surface area (Å²) < 4.78 is 2.56. The third kappa shape index (κ3) is 1.73. The van der Waals surface area contributed by atoms with Crippen molar-refractivity contribution < 1.29 is 0 Å². The first-order chi connectivity index (χ1) is 6.27. The molecule has 13 heavy (non-hydrogen) atoms. The Kier molecular flexibility index (Phi) is 2.33. The molecule has 0 radical (unpaired) electrons. The summed E-state index contributed by atoms with van der Waals surface area (Å²) in [7, 11) is 0. The first kappa shape index (κ1) is 8.72. The van der Waals surface area contributed by atoms with Crippen molar-refractivity contribution in [2.75, 3.05) is 0 Å². The minimum Gasteiger partial charge on any atom is -0.220 e. The van der Waals surface area contributed by atoms with Crippen LogP contribution >= 0.6 is 27.5 Å². The van der Waals surface area contributed by atoms with Gasteiger partial charge in [0.1, 0.15) is 0 Å². The molecule has 0 atom stereocenters. The second kappa shape index (κ2) is 3.47. The number of rotatable bonds is 1. The maximum Gasteiger partial charge on any atom is 0.0806 e. The van der Waals surface area contributed by atoms with E-state index < -0.39 is 0 Å². The first-order valence-electron chi connectivity index (χ1n) is 3.59. The minimum absolute atomic E-state index is 0.691. The molecule has 0 aliphatic heterocycles. The fourth-order valence-corrected chi connectivity index (χ4v) is 1.87. The molecule has 5 heteroatoms. The second-order valence-electron chi connectivity index (χ2n) is 2.44. The van der Waals surface area contributed by atoms with Gasteiger partial charge in [-0.2, -0.15) is 0 Å². The van der Waals surface area contributed by atoms with Gasteiger partial charge in [0, 0.05) is 9.50 Å². The molecular formula is C8H5BrClN3. The molecule has 66 valence electrons. The predicted molar refractivity (Wildman–Crippen MR) is 54.1 cm³/mol. The Balaban J connectivity index is 2.53. The summed E-state index contributed by atoms with van der Waals surface area (Å²) in [5, 5.41) is 8.28. The Morgan fingerprint density at radius 1 is 1.38 bits per heavy atom. The molecule has 0 spiro atoms. The highest BCUT2D eigenvalue weighted by Gasteiger charge is 2.02. The number of aromatic nitrogens is 3. The second-order valence-corrected chi connectivity index (χ2v) is 3.73. The zero-order valence-corrected chi connectivity index (χ0v) is 8.83. The topological polar surface area (TPSA) is 30.7 Å². The number of nitrogens with zero attached hydrogens (tertiary/aromatic N) is 3. The maximum absolute atomic E-state index is 5.80. The summed E-state index contributed by atoms with van der Waals surface area (Å²) >= 11 is 9.20. The summed E-state index contributed by atoms with van der Waals surface area (Å²) in [6, 6.07) is 5.50. The van der Waals surface area contributed by atoms with Crippen LogP contribution in [0.15, 0.2) is 35.1 Å². The Bertz CT molecular complexity index is 413. The minimum atomic E-state index is 0.691. The summed E-state index contributed by atoms with van der Waals surface area (Å²) in [5.41, 5.74) is 0.918. The van der Waals surface area contributed by atoms with Crippen LogP contribution < -0.4 is 0 Å². The molecule has 1 heterocycles. The predicted octanol–water partition coefficient (Wildman–Crippen LogP) is 2.68. The summed E-state index contributed by atoms with van der Waals surface area (Å²) in [6.07, 6.45) is 3.40. The van der Waals surface area contributed by atoms with Crippen LogP contribution in [-0.2, 0) is 0 Å². The molecule has 0 aliphatic carbocycles. The molecule has 0 aliphatic rings. The van der Waals surface area contributed by atoms with E-state index >= 15 is 0 Å². The van der Waals surface area contributed by atoms with Gasteiger partial charge in [-0.05, 0) is 34.1 Å². The van der Waals surface area contributed by atoms with Crippen LogP contribution in [0.4, 0.5) is 0 Å². The Hall–Kier alpha value is -0.870.